The monoisotopic (exact) mass is 284 g/mol. The van der Waals surface area contributed by atoms with E-state index < -0.39 is 0 Å². The summed E-state index contributed by atoms with van der Waals surface area (Å²) in [6.45, 7) is 0. The zero-order valence-corrected chi connectivity index (χ0v) is 10.9. The Labute approximate surface area is 113 Å². The Balaban J connectivity index is 2.14. The minimum absolute atomic E-state index is 0.0671. The van der Waals surface area contributed by atoms with E-state index >= 15 is 0 Å². The fraction of sp³-hybridized carbons (Fsp3) is 0.455. The Morgan fingerprint density at radius 2 is 2.11 bits per heavy atom. The second-order valence-electron chi connectivity index (χ2n) is 4.34. The van der Waals surface area contributed by atoms with Gasteiger partial charge in [-0.05, 0) is 24.4 Å². The minimum atomic E-state index is -0.203. The Morgan fingerprint density at radius 1 is 1.28 bits per heavy atom. The number of aromatic nitrogens is 4. The predicted octanol–water partition coefficient (Wildman–Crippen LogP) is 2.82. The number of ketones is 1. The standard InChI is InChI=1S/C11H10Cl2N4O/c12-9-8-10(16-11(13)15-9)17(5-14-8)6-3-1-2-4-7(6)18/h5-6H,1-4H2. The zero-order valence-electron chi connectivity index (χ0n) is 9.44. The Bertz CT molecular complexity index is 625. The highest BCUT2D eigenvalue weighted by Gasteiger charge is 2.26. The first-order chi connectivity index (χ1) is 8.66. The van der Waals surface area contributed by atoms with E-state index in [1.807, 2.05) is 0 Å². The molecule has 0 aliphatic heterocycles. The minimum Gasteiger partial charge on any atom is -0.304 e. The van der Waals surface area contributed by atoms with Gasteiger partial charge >= 0.3 is 0 Å². The van der Waals surface area contributed by atoms with Crippen molar-refractivity contribution < 1.29 is 4.79 Å². The summed E-state index contributed by atoms with van der Waals surface area (Å²) in [6.07, 6.45) is 5.00. The van der Waals surface area contributed by atoms with E-state index in [1.165, 1.54) is 0 Å². The molecular weight excluding hydrogens is 275 g/mol. The van der Waals surface area contributed by atoms with Gasteiger partial charge in [-0.3, -0.25) is 4.79 Å². The molecule has 2 aromatic heterocycles. The van der Waals surface area contributed by atoms with Crippen molar-refractivity contribution in [1.82, 2.24) is 19.5 Å². The SMILES string of the molecule is O=C1CCCCC1n1cnc2c(Cl)nc(Cl)nc21. The summed E-state index contributed by atoms with van der Waals surface area (Å²) in [5.41, 5.74) is 1.01. The lowest BCUT2D eigenvalue weighted by molar-refractivity contribution is -0.123. The molecule has 1 fully saturated rings. The summed E-state index contributed by atoms with van der Waals surface area (Å²) in [4.78, 5) is 24.1. The largest absolute Gasteiger partial charge is 0.304 e. The van der Waals surface area contributed by atoms with Crippen LogP contribution in [0.4, 0.5) is 0 Å². The number of carbonyl (C=O) groups is 1. The molecular formula is C11H10Cl2N4O. The molecule has 1 unspecified atom stereocenters. The summed E-state index contributed by atoms with van der Waals surface area (Å²) in [5, 5.41) is 0.282. The van der Waals surface area contributed by atoms with Crippen LogP contribution in [0.25, 0.3) is 11.2 Å². The molecule has 0 radical (unpaired) electrons. The molecule has 1 saturated carbocycles. The first-order valence-electron chi connectivity index (χ1n) is 5.75. The van der Waals surface area contributed by atoms with Crippen molar-refractivity contribution in [3.05, 3.63) is 16.8 Å². The molecule has 5 nitrogen and oxygen atoms in total. The Hall–Kier alpha value is -1.20. The highest BCUT2D eigenvalue weighted by Crippen LogP contribution is 2.29. The molecule has 1 aliphatic rings. The Morgan fingerprint density at radius 3 is 2.89 bits per heavy atom. The topological polar surface area (TPSA) is 60.7 Å². The summed E-state index contributed by atoms with van der Waals surface area (Å²) in [6, 6.07) is -0.203. The number of carbonyl (C=O) groups excluding carboxylic acids is 1. The number of hydrogen-bond acceptors (Lipinski definition) is 4. The maximum absolute atomic E-state index is 11.9. The molecule has 1 aliphatic carbocycles. The third-order valence-electron chi connectivity index (χ3n) is 3.21. The molecule has 0 N–H and O–H groups in total. The van der Waals surface area contributed by atoms with Crippen LogP contribution in [0, 0.1) is 0 Å². The van der Waals surface area contributed by atoms with E-state index in [4.69, 9.17) is 23.2 Å². The van der Waals surface area contributed by atoms with Crippen molar-refractivity contribution in [2.75, 3.05) is 0 Å². The van der Waals surface area contributed by atoms with Gasteiger partial charge in [0.2, 0.25) is 5.28 Å². The Kier molecular flexibility index (Phi) is 2.95. The lowest BCUT2D eigenvalue weighted by Gasteiger charge is -2.21. The molecule has 0 amide bonds. The fourth-order valence-corrected chi connectivity index (χ4v) is 2.77. The van der Waals surface area contributed by atoms with Crippen LogP contribution >= 0.6 is 23.2 Å². The predicted molar refractivity (Wildman–Crippen MR) is 67.9 cm³/mol. The van der Waals surface area contributed by atoms with Crippen LogP contribution in [0.5, 0.6) is 0 Å². The van der Waals surface area contributed by atoms with Crippen LogP contribution in [-0.4, -0.2) is 25.3 Å². The highest BCUT2D eigenvalue weighted by atomic mass is 35.5. The first-order valence-corrected chi connectivity index (χ1v) is 6.50. The van der Waals surface area contributed by atoms with Crippen LogP contribution in [0.3, 0.4) is 0 Å². The van der Waals surface area contributed by atoms with Crippen molar-refractivity contribution in [2.24, 2.45) is 0 Å². The maximum atomic E-state index is 11.9. The fourth-order valence-electron chi connectivity index (χ4n) is 2.34. The van der Waals surface area contributed by atoms with Crippen molar-refractivity contribution in [3.8, 4) is 0 Å². The third kappa shape index (κ3) is 1.87. The molecule has 0 saturated heterocycles. The molecule has 3 rings (SSSR count). The highest BCUT2D eigenvalue weighted by molar-refractivity contribution is 6.35. The average Bonchev–Trinajstić information content (AvgIpc) is 2.73. The number of nitrogens with zero attached hydrogens (tertiary/aromatic N) is 4. The van der Waals surface area contributed by atoms with Gasteiger partial charge in [0.25, 0.3) is 0 Å². The van der Waals surface area contributed by atoms with Gasteiger partial charge in [-0.25, -0.2) is 9.97 Å². The lowest BCUT2D eigenvalue weighted by atomic mass is 9.94. The molecule has 2 heterocycles. The van der Waals surface area contributed by atoms with E-state index in [0.29, 0.717) is 17.6 Å². The lowest BCUT2D eigenvalue weighted by Crippen LogP contribution is -2.22. The maximum Gasteiger partial charge on any atom is 0.225 e. The molecule has 0 bridgehead atoms. The first kappa shape index (κ1) is 11.9. The van der Waals surface area contributed by atoms with Crippen LogP contribution in [0.15, 0.2) is 6.33 Å². The normalized spacial score (nSPS) is 20.6. The van der Waals surface area contributed by atoms with Crippen molar-refractivity contribution in [2.45, 2.75) is 31.7 Å². The van der Waals surface area contributed by atoms with Crippen LogP contribution in [0.1, 0.15) is 31.7 Å². The summed E-state index contributed by atoms with van der Waals surface area (Å²) in [5.74, 6) is 0.214. The van der Waals surface area contributed by atoms with Gasteiger partial charge in [-0.2, -0.15) is 4.98 Å². The van der Waals surface area contributed by atoms with Gasteiger partial charge in [0.1, 0.15) is 5.52 Å². The number of rotatable bonds is 1. The van der Waals surface area contributed by atoms with E-state index in [1.54, 1.807) is 10.9 Å². The van der Waals surface area contributed by atoms with Gasteiger partial charge in [-0.15, -0.1) is 0 Å². The molecule has 2 aromatic rings. The molecule has 7 heteroatoms. The molecule has 18 heavy (non-hydrogen) atoms. The van der Waals surface area contributed by atoms with E-state index in [0.717, 1.165) is 19.3 Å². The smallest absolute Gasteiger partial charge is 0.225 e. The quantitative estimate of drug-likeness (QED) is 0.597. The zero-order chi connectivity index (χ0) is 12.7. The van der Waals surface area contributed by atoms with Crippen molar-refractivity contribution in [1.29, 1.82) is 0 Å². The number of Topliss-reactive ketones (excluding diaryl/α,β-unsaturated/α-hetero) is 1. The second kappa shape index (κ2) is 4.48. The van der Waals surface area contributed by atoms with E-state index in [-0.39, 0.29) is 22.3 Å². The summed E-state index contributed by atoms with van der Waals surface area (Å²) in [7, 11) is 0. The van der Waals surface area contributed by atoms with Crippen molar-refractivity contribution in [3.63, 3.8) is 0 Å². The van der Waals surface area contributed by atoms with Gasteiger partial charge in [0, 0.05) is 6.42 Å². The van der Waals surface area contributed by atoms with Gasteiger partial charge in [-0.1, -0.05) is 18.0 Å². The molecule has 0 spiro atoms. The second-order valence-corrected chi connectivity index (χ2v) is 5.03. The van der Waals surface area contributed by atoms with Gasteiger partial charge < -0.3 is 4.57 Å². The van der Waals surface area contributed by atoms with Crippen LogP contribution in [0.2, 0.25) is 10.4 Å². The van der Waals surface area contributed by atoms with Crippen LogP contribution in [-0.2, 0) is 4.79 Å². The number of fused-ring (bicyclic) bond motifs is 1. The number of halogens is 2. The van der Waals surface area contributed by atoms with E-state index in [2.05, 4.69) is 15.0 Å². The average molecular weight is 285 g/mol. The molecule has 1 atom stereocenters. The number of hydrogen-bond donors (Lipinski definition) is 0. The summed E-state index contributed by atoms with van der Waals surface area (Å²) >= 11 is 11.8. The van der Waals surface area contributed by atoms with Crippen molar-refractivity contribution >= 4 is 40.1 Å². The number of imidazole rings is 1. The molecule has 0 aromatic carbocycles. The van der Waals surface area contributed by atoms with Gasteiger partial charge in [0.15, 0.2) is 16.6 Å². The van der Waals surface area contributed by atoms with Crippen LogP contribution < -0.4 is 0 Å². The van der Waals surface area contributed by atoms with Gasteiger partial charge in [0.05, 0.1) is 12.4 Å². The molecule has 94 valence electrons. The summed E-state index contributed by atoms with van der Waals surface area (Å²) < 4.78 is 1.76. The third-order valence-corrected chi connectivity index (χ3v) is 3.64. The van der Waals surface area contributed by atoms with E-state index in [9.17, 15) is 4.79 Å².